The van der Waals surface area contributed by atoms with Crippen molar-refractivity contribution in [3.05, 3.63) is 52.5 Å². The Kier molecular flexibility index (Phi) is 8.67. The Morgan fingerprint density at radius 3 is 2.41 bits per heavy atom. The highest BCUT2D eigenvalue weighted by Gasteiger charge is 2.16. The van der Waals surface area contributed by atoms with Crippen molar-refractivity contribution in [1.82, 2.24) is 4.72 Å². The summed E-state index contributed by atoms with van der Waals surface area (Å²) < 4.78 is 33.6. The van der Waals surface area contributed by atoms with Crippen LogP contribution in [0, 0.1) is 0 Å². The maximum Gasteiger partial charge on any atom is 0.255 e. The Bertz CT molecular complexity index is 930. The molecule has 0 spiro atoms. The van der Waals surface area contributed by atoms with E-state index >= 15 is 0 Å². The first-order valence-electron chi connectivity index (χ1n) is 9.63. The number of anilines is 1. The zero-order valence-corrected chi connectivity index (χ0v) is 19.3. The Morgan fingerprint density at radius 1 is 1.14 bits per heavy atom. The molecular weight excluding hydrogens is 456 g/mol. The molecule has 0 aromatic heterocycles. The Hall–Kier alpha value is -1.90. The van der Waals surface area contributed by atoms with Crippen LogP contribution >= 0.6 is 15.9 Å². The first-order valence-corrected chi connectivity index (χ1v) is 11.9. The largest absolute Gasteiger partial charge is 0.492 e. The summed E-state index contributed by atoms with van der Waals surface area (Å²) in [7, 11) is -3.57. The number of amides is 1. The van der Waals surface area contributed by atoms with Crippen LogP contribution in [-0.4, -0.2) is 27.0 Å². The maximum atomic E-state index is 12.5. The molecular formula is C21H27BrN2O4S. The van der Waals surface area contributed by atoms with E-state index in [4.69, 9.17) is 4.74 Å². The molecule has 2 aromatic carbocycles. The lowest BCUT2D eigenvalue weighted by Crippen LogP contribution is -2.31. The van der Waals surface area contributed by atoms with Crippen molar-refractivity contribution < 1.29 is 17.9 Å². The summed E-state index contributed by atoms with van der Waals surface area (Å²) in [6.45, 7) is 6.44. The van der Waals surface area contributed by atoms with Gasteiger partial charge in [-0.05, 0) is 78.2 Å². The molecule has 0 saturated carbocycles. The highest BCUT2D eigenvalue weighted by Crippen LogP contribution is 2.27. The van der Waals surface area contributed by atoms with Crippen LogP contribution in [0.15, 0.2) is 51.8 Å². The van der Waals surface area contributed by atoms with E-state index in [0.29, 0.717) is 34.5 Å². The smallest absolute Gasteiger partial charge is 0.255 e. The van der Waals surface area contributed by atoms with Crippen molar-refractivity contribution in [2.75, 3.05) is 11.9 Å². The number of sulfonamides is 1. The molecule has 1 unspecified atom stereocenters. The first-order chi connectivity index (χ1) is 13.8. The number of nitrogens with one attached hydrogen (secondary N) is 2. The highest BCUT2D eigenvalue weighted by molar-refractivity contribution is 9.10. The van der Waals surface area contributed by atoms with Crippen molar-refractivity contribution in [2.24, 2.45) is 0 Å². The highest BCUT2D eigenvalue weighted by atomic mass is 79.9. The Morgan fingerprint density at radius 2 is 1.83 bits per heavy atom. The lowest BCUT2D eigenvalue weighted by atomic mass is 10.2. The third kappa shape index (κ3) is 6.83. The van der Waals surface area contributed by atoms with Gasteiger partial charge < -0.3 is 10.1 Å². The fourth-order valence-electron chi connectivity index (χ4n) is 2.42. The molecule has 0 aliphatic carbocycles. The van der Waals surface area contributed by atoms with E-state index in [1.54, 1.807) is 30.3 Å². The van der Waals surface area contributed by atoms with Gasteiger partial charge in [-0.3, -0.25) is 4.79 Å². The van der Waals surface area contributed by atoms with Gasteiger partial charge in [-0.2, -0.15) is 0 Å². The second-order valence-corrected chi connectivity index (χ2v) is 9.32. The Balaban J connectivity index is 2.05. The summed E-state index contributed by atoms with van der Waals surface area (Å²) >= 11 is 3.43. The monoisotopic (exact) mass is 482 g/mol. The molecule has 8 heteroatoms. The van der Waals surface area contributed by atoms with Gasteiger partial charge >= 0.3 is 0 Å². The molecule has 0 fully saturated rings. The normalized spacial score (nSPS) is 12.4. The van der Waals surface area contributed by atoms with Crippen molar-refractivity contribution in [2.45, 2.75) is 51.0 Å². The van der Waals surface area contributed by atoms with E-state index in [9.17, 15) is 13.2 Å². The van der Waals surface area contributed by atoms with E-state index in [0.717, 1.165) is 12.8 Å². The first kappa shape index (κ1) is 23.4. The van der Waals surface area contributed by atoms with Crippen molar-refractivity contribution >= 4 is 37.5 Å². The SMILES string of the molecule is CCCCOc1ccc(C(=O)Nc2ccc(S(=O)(=O)NC(C)CC)cc2)cc1Br. The second kappa shape index (κ2) is 10.8. The molecule has 0 radical (unpaired) electrons. The summed E-state index contributed by atoms with van der Waals surface area (Å²) in [6.07, 6.45) is 2.71. The molecule has 158 valence electrons. The van der Waals surface area contributed by atoms with Gasteiger partial charge in [0.2, 0.25) is 10.0 Å². The van der Waals surface area contributed by atoms with E-state index in [1.807, 2.05) is 13.8 Å². The van der Waals surface area contributed by atoms with Gasteiger partial charge in [0.1, 0.15) is 5.75 Å². The summed E-state index contributed by atoms with van der Waals surface area (Å²) in [6, 6.07) is 11.1. The zero-order valence-electron chi connectivity index (χ0n) is 16.9. The molecule has 1 atom stereocenters. The number of carbonyl (C=O) groups is 1. The molecule has 6 nitrogen and oxygen atoms in total. The van der Waals surface area contributed by atoms with Crippen LogP contribution in [0.3, 0.4) is 0 Å². The topological polar surface area (TPSA) is 84.5 Å². The third-order valence-corrected chi connectivity index (χ3v) is 6.57. The van der Waals surface area contributed by atoms with Crippen LogP contribution in [0.4, 0.5) is 5.69 Å². The molecule has 0 heterocycles. The number of hydrogen-bond donors (Lipinski definition) is 2. The average Bonchev–Trinajstić information content (AvgIpc) is 2.69. The van der Waals surface area contributed by atoms with Gasteiger partial charge in [0.15, 0.2) is 0 Å². The van der Waals surface area contributed by atoms with Crippen LogP contribution in [-0.2, 0) is 10.0 Å². The molecule has 0 aliphatic heterocycles. The van der Waals surface area contributed by atoms with Gasteiger partial charge in [-0.1, -0.05) is 20.3 Å². The van der Waals surface area contributed by atoms with Crippen molar-refractivity contribution in [3.8, 4) is 5.75 Å². The third-order valence-electron chi connectivity index (χ3n) is 4.34. The summed E-state index contributed by atoms with van der Waals surface area (Å²) in [5, 5.41) is 2.77. The number of ether oxygens (including phenoxy) is 1. The summed E-state index contributed by atoms with van der Waals surface area (Å²) in [4.78, 5) is 12.7. The fraction of sp³-hybridized carbons (Fsp3) is 0.381. The number of rotatable bonds is 10. The number of hydrogen-bond acceptors (Lipinski definition) is 4. The van der Waals surface area contributed by atoms with Crippen LogP contribution in [0.2, 0.25) is 0 Å². The fourth-order valence-corrected chi connectivity index (χ4v) is 4.24. The number of unbranched alkanes of at least 4 members (excludes halogenated alkanes) is 1. The predicted octanol–water partition coefficient (Wildman–Crippen LogP) is 4.96. The summed E-state index contributed by atoms with van der Waals surface area (Å²) in [5.41, 5.74) is 0.978. The Labute approximate surface area is 181 Å². The van der Waals surface area contributed by atoms with E-state index in [2.05, 4.69) is 32.9 Å². The quantitative estimate of drug-likeness (QED) is 0.468. The van der Waals surface area contributed by atoms with Crippen LogP contribution < -0.4 is 14.8 Å². The van der Waals surface area contributed by atoms with Crippen LogP contribution in [0.1, 0.15) is 50.4 Å². The molecule has 0 aliphatic rings. The molecule has 0 saturated heterocycles. The van der Waals surface area contributed by atoms with Crippen LogP contribution in [0.25, 0.3) is 0 Å². The number of halogens is 1. The standard InChI is InChI=1S/C21H27BrN2O4S/c1-4-6-13-28-20-12-7-16(14-19(20)22)21(25)23-17-8-10-18(11-9-17)29(26,27)24-15(3)5-2/h7-12,14-15,24H,4-6,13H2,1-3H3,(H,23,25). The molecule has 2 rings (SSSR count). The van der Waals surface area contributed by atoms with Gasteiger partial charge in [-0.25, -0.2) is 13.1 Å². The van der Waals surface area contributed by atoms with Gasteiger partial charge in [-0.15, -0.1) is 0 Å². The molecule has 2 N–H and O–H groups in total. The zero-order chi connectivity index (χ0) is 21.4. The van der Waals surface area contributed by atoms with Crippen molar-refractivity contribution in [3.63, 3.8) is 0 Å². The molecule has 1 amide bonds. The number of carbonyl (C=O) groups excluding carboxylic acids is 1. The lowest BCUT2D eigenvalue weighted by Gasteiger charge is -2.13. The summed E-state index contributed by atoms with van der Waals surface area (Å²) in [5.74, 6) is 0.400. The van der Waals surface area contributed by atoms with Crippen molar-refractivity contribution in [1.29, 1.82) is 0 Å². The van der Waals surface area contributed by atoms with E-state index < -0.39 is 10.0 Å². The lowest BCUT2D eigenvalue weighted by molar-refractivity contribution is 0.102. The van der Waals surface area contributed by atoms with Gasteiger partial charge in [0.25, 0.3) is 5.91 Å². The predicted molar refractivity (Wildman–Crippen MR) is 119 cm³/mol. The van der Waals surface area contributed by atoms with E-state index in [-0.39, 0.29) is 16.8 Å². The second-order valence-electron chi connectivity index (χ2n) is 6.76. The molecule has 29 heavy (non-hydrogen) atoms. The van der Waals surface area contributed by atoms with E-state index in [1.165, 1.54) is 12.1 Å². The maximum absolute atomic E-state index is 12.5. The molecule has 2 aromatic rings. The molecule has 0 bridgehead atoms. The number of benzene rings is 2. The van der Waals surface area contributed by atoms with Gasteiger partial charge in [0, 0.05) is 17.3 Å². The minimum absolute atomic E-state index is 0.147. The minimum Gasteiger partial charge on any atom is -0.492 e. The average molecular weight is 483 g/mol. The minimum atomic E-state index is -3.57. The van der Waals surface area contributed by atoms with Crippen LogP contribution in [0.5, 0.6) is 5.75 Å². The van der Waals surface area contributed by atoms with Gasteiger partial charge in [0.05, 0.1) is 16.0 Å².